The lowest BCUT2D eigenvalue weighted by molar-refractivity contribution is -0.114. The van der Waals surface area contributed by atoms with Crippen molar-refractivity contribution < 1.29 is 9.59 Å². The van der Waals surface area contributed by atoms with Gasteiger partial charge in [0.25, 0.3) is 0 Å². The van der Waals surface area contributed by atoms with Crippen LogP contribution >= 0.6 is 46.4 Å². The molecule has 0 atom stereocenters. The third-order valence-corrected chi connectivity index (χ3v) is 3.52. The molecule has 0 aliphatic rings. The highest BCUT2D eigenvalue weighted by atomic mass is 35.5. The van der Waals surface area contributed by atoms with E-state index in [-0.39, 0.29) is 0 Å². The maximum absolute atomic E-state index is 11.8. The second-order valence-electron chi connectivity index (χ2n) is 4.63. The maximum atomic E-state index is 11.8. The Morgan fingerprint density at radius 2 is 0.917 bits per heavy atom. The fourth-order valence-electron chi connectivity index (χ4n) is 1.77. The number of benzene rings is 2. The lowest BCUT2D eigenvalue weighted by atomic mass is 10.3. The number of carbonyl (C=O) groups is 2. The minimum Gasteiger partial charge on any atom is -0.322 e. The first-order chi connectivity index (χ1) is 11.3. The number of hydrogen-bond donors (Lipinski definition) is 2. The van der Waals surface area contributed by atoms with Crippen molar-refractivity contribution in [2.45, 2.75) is 0 Å². The summed E-state index contributed by atoms with van der Waals surface area (Å²) in [4.78, 5) is 23.6. The van der Waals surface area contributed by atoms with E-state index in [4.69, 9.17) is 46.4 Å². The summed E-state index contributed by atoms with van der Waals surface area (Å²) in [5.74, 6) is -1.01. The molecule has 2 rings (SSSR count). The largest absolute Gasteiger partial charge is 0.322 e. The second-order valence-corrected chi connectivity index (χ2v) is 6.37. The SMILES string of the molecule is O=C(/C=C/C(=O)Nc1cc(Cl)cc(Cl)c1)Nc1cc(Cl)cc(Cl)c1. The van der Waals surface area contributed by atoms with Crippen LogP contribution in [0.5, 0.6) is 0 Å². The van der Waals surface area contributed by atoms with Crippen LogP contribution in [-0.4, -0.2) is 11.8 Å². The second kappa shape index (κ2) is 8.40. The number of rotatable bonds is 4. The van der Waals surface area contributed by atoms with Gasteiger partial charge in [-0.05, 0) is 36.4 Å². The summed E-state index contributed by atoms with van der Waals surface area (Å²) in [5.41, 5.74) is 0.841. The van der Waals surface area contributed by atoms with E-state index >= 15 is 0 Å². The molecule has 0 spiro atoms. The average Bonchev–Trinajstić information content (AvgIpc) is 2.42. The van der Waals surface area contributed by atoms with Gasteiger partial charge in [-0.15, -0.1) is 0 Å². The fourth-order valence-corrected chi connectivity index (χ4v) is 2.82. The Labute approximate surface area is 158 Å². The Morgan fingerprint density at radius 3 is 1.21 bits per heavy atom. The highest BCUT2D eigenvalue weighted by molar-refractivity contribution is 6.35. The Kier molecular flexibility index (Phi) is 6.52. The van der Waals surface area contributed by atoms with Crippen LogP contribution in [0.15, 0.2) is 48.6 Å². The van der Waals surface area contributed by atoms with Crippen LogP contribution in [0, 0.1) is 0 Å². The Bertz CT molecular complexity index is 714. The minimum atomic E-state index is -0.507. The molecule has 0 radical (unpaired) electrons. The monoisotopic (exact) mass is 402 g/mol. The summed E-state index contributed by atoms with van der Waals surface area (Å²) in [7, 11) is 0. The van der Waals surface area contributed by atoms with Crippen LogP contribution in [0.2, 0.25) is 20.1 Å². The van der Waals surface area contributed by atoms with E-state index in [9.17, 15) is 9.59 Å². The van der Waals surface area contributed by atoms with Crippen molar-refractivity contribution in [1.82, 2.24) is 0 Å². The van der Waals surface area contributed by atoms with Crippen LogP contribution in [0.25, 0.3) is 0 Å². The van der Waals surface area contributed by atoms with Crippen molar-refractivity contribution in [2.24, 2.45) is 0 Å². The summed E-state index contributed by atoms with van der Waals surface area (Å²) in [6.45, 7) is 0. The standard InChI is InChI=1S/C16H10Cl4N2O2/c17-9-3-10(18)6-13(5-9)21-15(23)1-2-16(24)22-14-7-11(19)4-12(20)8-14/h1-8H,(H,21,23)(H,22,24)/b2-1+. The highest BCUT2D eigenvalue weighted by Crippen LogP contribution is 2.23. The normalized spacial score (nSPS) is 10.7. The molecule has 24 heavy (non-hydrogen) atoms. The first kappa shape index (κ1) is 18.6. The number of anilines is 2. The molecule has 2 amide bonds. The van der Waals surface area contributed by atoms with Crippen molar-refractivity contribution >= 4 is 69.6 Å². The number of halogens is 4. The molecule has 124 valence electrons. The summed E-state index contributed by atoms with van der Waals surface area (Å²) in [5, 5.41) is 6.63. The van der Waals surface area contributed by atoms with E-state index in [2.05, 4.69) is 10.6 Å². The Balaban J connectivity index is 1.96. The van der Waals surface area contributed by atoms with E-state index in [0.717, 1.165) is 12.2 Å². The van der Waals surface area contributed by atoms with Crippen molar-refractivity contribution in [3.63, 3.8) is 0 Å². The van der Waals surface area contributed by atoms with E-state index < -0.39 is 11.8 Å². The van der Waals surface area contributed by atoms with Gasteiger partial charge >= 0.3 is 0 Å². The summed E-state index contributed by atoms with van der Waals surface area (Å²) < 4.78 is 0. The molecule has 0 aromatic heterocycles. The first-order valence-corrected chi connectivity index (χ1v) is 8.05. The smallest absolute Gasteiger partial charge is 0.248 e. The van der Waals surface area contributed by atoms with Gasteiger partial charge in [0.15, 0.2) is 0 Å². The number of carbonyl (C=O) groups excluding carboxylic acids is 2. The molecule has 2 aromatic rings. The van der Waals surface area contributed by atoms with Gasteiger partial charge in [0.05, 0.1) is 0 Å². The van der Waals surface area contributed by atoms with Gasteiger partial charge in [0.2, 0.25) is 11.8 Å². The van der Waals surface area contributed by atoms with E-state index in [0.29, 0.717) is 31.5 Å². The molecular formula is C16H10Cl4N2O2. The van der Waals surface area contributed by atoms with Crippen molar-refractivity contribution in [2.75, 3.05) is 10.6 Å². The first-order valence-electron chi connectivity index (χ1n) is 6.54. The molecule has 0 bridgehead atoms. The molecule has 0 saturated carbocycles. The van der Waals surface area contributed by atoms with Gasteiger partial charge in [-0.1, -0.05) is 46.4 Å². The molecule has 2 aromatic carbocycles. The fraction of sp³-hybridized carbons (Fsp3) is 0. The van der Waals surface area contributed by atoms with Gasteiger partial charge in [-0.25, -0.2) is 0 Å². The Morgan fingerprint density at radius 1 is 0.625 bits per heavy atom. The van der Waals surface area contributed by atoms with E-state index in [1.165, 1.54) is 36.4 Å². The number of hydrogen-bond acceptors (Lipinski definition) is 2. The molecule has 4 nitrogen and oxygen atoms in total. The Hall–Kier alpha value is -1.72. The van der Waals surface area contributed by atoms with Crippen molar-refractivity contribution in [1.29, 1.82) is 0 Å². The van der Waals surface area contributed by atoms with Crippen LogP contribution in [0.3, 0.4) is 0 Å². The van der Waals surface area contributed by atoms with Gasteiger partial charge in [0, 0.05) is 43.6 Å². The third kappa shape index (κ3) is 6.06. The minimum absolute atomic E-state index is 0.386. The number of nitrogens with one attached hydrogen (secondary N) is 2. The molecule has 8 heteroatoms. The highest BCUT2D eigenvalue weighted by Gasteiger charge is 2.04. The van der Waals surface area contributed by atoms with E-state index in [1.807, 2.05) is 0 Å². The van der Waals surface area contributed by atoms with Crippen LogP contribution in [0.4, 0.5) is 11.4 Å². The van der Waals surface area contributed by atoms with Gasteiger partial charge in [-0.3, -0.25) is 9.59 Å². The predicted molar refractivity (Wildman–Crippen MR) is 99.3 cm³/mol. The summed E-state index contributed by atoms with van der Waals surface area (Å²) in [6, 6.07) is 9.22. The van der Waals surface area contributed by atoms with Crippen LogP contribution < -0.4 is 10.6 Å². The topological polar surface area (TPSA) is 58.2 Å². The zero-order chi connectivity index (χ0) is 17.7. The summed E-state index contributed by atoms with van der Waals surface area (Å²) in [6.07, 6.45) is 2.16. The molecule has 0 aliphatic carbocycles. The molecule has 0 unspecified atom stereocenters. The van der Waals surface area contributed by atoms with Gasteiger partial charge in [-0.2, -0.15) is 0 Å². The molecule has 0 heterocycles. The van der Waals surface area contributed by atoms with Gasteiger partial charge in [0.1, 0.15) is 0 Å². The third-order valence-electron chi connectivity index (χ3n) is 2.65. The van der Waals surface area contributed by atoms with Crippen molar-refractivity contribution in [3.8, 4) is 0 Å². The lowest BCUT2D eigenvalue weighted by Crippen LogP contribution is -2.12. The van der Waals surface area contributed by atoms with Gasteiger partial charge < -0.3 is 10.6 Å². The lowest BCUT2D eigenvalue weighted by Gasteiger charge is -2.05. The maximum Gasteiger partial charge on any atom is 0.248 e. The number of amides is 2. The zero-order valence-corrected chi connectivity index (χ0v) is 15.0. The molecule has 0 fully saturated rings. The predicted octanol–water partition coefficient (Wildman–Crippen LogP) is 5.43. The summed E-state index contributed by atoms with van der Waals surface area (Å²) >= 11 is 23.3. The molecule has 0 aliphatic heterocycles. The van der Waals surface area contributed by atoms with Crippen LogP contribution in [0.1, 0.15) is 0 Å². The zero-order valence-electron chi connectivity index (χ0n) is 11.9. The van der Waals surface area contributed by atoms with Crippen molar-refractivity contribution in [3.05, 3.63) is 68.6 Å². The molecular weight excluding hydrogens is 394 g/mol. The van der Waals surface area contributed by atoms with Crippen LogP contribution in [-0.2, 0) is 9.59 Å². The average molecular weight is 404 g/mol. The quantitative estimate of drug-likeness (QED) is 0.668. The van der Waals surface area contributed by atoms with E-state index in [1.54, 1.807) is 0 Å². The molecule has 2 N–H and O–H groups in total. The molecule has 0 saturated heterocycles.